The summed E-state index contributed by atoms with van der Waals surface area (Å²) in [5.41, 5.74) is 4.75. The van der Waals surface area contributed by atoms with Crippen molar-refractivity contribution in [3.05, 3.63) is 102 Å². The number of aliphatic carboxylic acids is 1. The van der Waals surface area contributed by atoms with E-state index < -0.39 is 11.9 Å². The molecule has 36 heavy (non-hydrogen) atoms. The van der Waals surface area contributed by atoms with E-state index in [1.807, 2.05) is 85.8 Å². The Morgan fingerprint density at radius 1 is 0.944 bits per heavy atom. The van der Waals surface area contributed by atoms with E-state index in [-0.39, 0.29) is 0 Å². The average Bonchev–Trinajstić information content (AvgIpc) is 3.33. The number of aryl methyl sites for hydroxylation is 1. The van der Waals surface area contributed by atoms with Crippen LogP contribution in [0.2, 0.25) is 0 Å². The summed E-state index contributed by atoms with van der Waals surface area (Å²) in [6.45, 7) is 2.00. The van der Waals surface area contributed by atoms with E-state index in [4.69, 9.17) is 9.84 Å². The van der Waals surface area contributed by atoms with E-state index in [1.165, 1.54) is 19.3 Å². The summed E-state index contributed by atoms with van der Waals surface area (Å²) >= 11 is 0. The molecule has 1 heterocycles. The normalized spacial score (nSPS) is 14.9. The first-order chi connectivity index (χ1) is 17.6. The van der Waals surface area contributed by atoms with E-state index in [0.717, 1.165) is 52.4 Å². The smallest absolute Gasteiger partial charge is 0.311 e. The second-order valence-electron chi connectivity index (χ2n) is 9.71. The minimum absolute atomic E-state index is 0.315. The molecule has 3 aromatic carbocycles. The van der Waals surface area contributed by atoms with Gasteiger partial charge in [-0.1, -0.05) is 67.3 Å². The summed E-state index contributed by atoms with van der Waals surface area (Å²) in [6.07, 6.45) is 6.21. The lowest BCUT2D eigenvalue weighted by Crippen LogP contribution is -2.20. The zero-order valence-corrected chi connectivity index (χ0v) is 20.6. The van der Waals surface area contributed by atoms with Crippen LogP contribution >= 0.6 is 0 Å². The number of para-hydroxylation sites is 1. The van der Waals surface area contributed by atoms with Crippen LogP contribution in [0, 0.1) is 6.92 Å². The molecule has 5 nitrogen and oxygen atoms in total. The molecule has 1 atom stereocenters. The summed E-state index contributed by atoms with van der Waals surface area (Å²) in [5, 5.41) is 15.1. The van der Waals surface area contributed by atoms with Crippen LogP contribution in [-0.4, -0.2) is 20.9 Å². The van der Waals surface area contributed by atoms with Gasteiger partial charge in [-0.05, 0) is 67.8 Å². The first kappa shape index (κ1) is 23.9. The minimum atomic E-state index is -0.805. The molecule has 0 amide bonds. The fourth-order valence-electron chi connectivity index (χ4n) is 5.13. The molecule has 1 saturated carbocycles. The van der Waals surface area contributed by atoms with Crippen molar-refractivity contribution in [1.29, 1.82) is 0 Å². The lowest BCUT2D eigenvalue weighted by Gasteiger charge is -2.25. The predicted molar refractivity (Wildman–Crippen MR) is 142 cm³/mol. The van der Waals surface area contributed by atoms with Gasteiger partial charge in [0.05, 0.1) is 17.7 Å². The summed E-state index contributed by atoms with van der Waals surface area (Å²) in [7, 11) is 0. The highest BCUT2D eigenvalue weighted by Gasteiger charge is 2.26. The first-order valence-electron chi connectivity index (χ1n) is 12.8. The fourth-order valence-corrected chi connectivity index (χ4v) is 5.13. The zero-order chi connectivity index (χ0) is 24.9. The van der Waals surface area contributed by atoms with Crippen LogP contribution in [0.5, 0.6) is 11.5 Å². The average molecular weight is 481 g/mol. The molecule has 0 saturated heterocycles. The third-order valence-electron chi connectivity index (χ3n) is 7.02. The van der Waals surface area contributed by atoms with Gasteiger partial charge in [0.1, 0.15) is 11.5 Å². The molecule has 1 unspecified atom stereocenters. The molecule has 5 rings (SSSR count). The van der Waals surface area contributed by atoms with Crippen molar-refractivity contribution in [3.8, 4) is 22.8 Å². The number of carboxylic acids is 1. The lowest BCUT2D eigenvalue weighted by molar-refractivity contribution is -0.138. The van der Waals surface area contributed by atoms with Crippen LogP contribution in [0.4, 0.5) is 0 Å². The van der Waals surface area contributed by atoms with Crippen molar-refractivity contribution in [3.63, 3.8) is 0 Å². The molecule has 0 bridgehead atoms. The van der Waals surface area contributed by atoms with E-state index in [0.29, 0.717) is 12.5 Å². The number of benzene rings is 3. The highest BCUT2D eigenvalue weighted by Crippen LogP contribution is 2.34. The van der Waals surface area contributed by atoms with Gasteiger partial charge in [-0.15, -0.1) is 0 Å². The number of aromatic nitrogens is 2. The maximum atomic E-state index is 12.3. The lowest BCUT2D eigenvalue weighted by atomic mass is 9.91. The van der Waals surface area contributed by atoms with Crippen LogP contribution in [0.3, 0.4) is 0 Å². The van der Waals surface area contributed by atoms with Gasteiger partial charge in [0, 0.05) is 17.7 Å². The highest BCUT2D eigenvalue weighted by atomic mass is 16.5. The second kappa shape index (κ2) is 10.8. The Morgan fingerprint density at radius 2 is 1.67 bits per heavy atom. The molecule has 0 radical (unpaired) electrons. The number of nitrogens with zero attached hydrogens (tertiary/aromatic N) is 2. The van der Waals surface area contributed by atoms with Gasteiger partial charge >= 0.3 is 5.97 Å². The Balaban J connectivity index is 1.45. The van der Waals surface area contributed by atoms with Gasteiger partial charge in [-0.2, -0.15) is 5.10 Å². The molecule has 1 aliphatic carbocycles. The third-order valence-corrected chi connectivity index (χ3v) is 7.02. The molecular formula is C31H32N2O3. The van der Waals surface area contributed by atoms with Gasteiger partial charge in [0.15, 0.2) is 0 Å². The Bertz CT molecular complexity index is 1310. The molecule has 1 fully saturated rings. The van der Waals surface area contributed by atoms with Gasteiger partial charge in [0.25, 0.3) is 0 Å². The van der Waals surface area contributed by atoms with E-state index in [1.54, 1.807) is 0 Å². The first-order valence-corrected chi connectivity index (χ1v) is 12.8. The van der Waals surface area contributed by atoms with Crippen molar-refractivity contribution >= 4 is 5.97 Å². The third kappa shape index (κ3) is 5.51. The monoisotopic (exact) mass is 480 g/mol. The Kier molecular flexibility index (Phi) is 7.17. The van der Waals surface area contributed by atoms with Crippen LogP contribution in [0.1, 0.15) is 60.9 Å². The minimum Gasteiger partial charge on any atom is -0.481 e. The number of carbonyl (C=O) groups is 1. The summed E-state index contributed by atoms with van der Waals surface area (Å²) in [4.78, 5) is 12.3. The van der Waals surface area contributed by atoms with Crippen molar-refractivity contribution in [2.45, 2.75) is 57.4 Å². The van der Waals surface area contributed by atoms with E-state index in [9.17, 15) is 9.90 Å². The number of ether oxygens (including phenoxy) is 1. The van der Waals surface area contributed by atoms with Crippen LogP contribution < -0.4 is 4.74 Å². The number of rotatable bonds is 8. The predicted octanol–water partition coefficient (Wildman–Crippen LogP) is 7.57. The van der Waals surface area contributed by atoms with Gasteiger partial charge < -0.3 is 9.84 Å². The van der Waals surface area contributed by atoms with Gasteiger partial charge in [-0.3, -0.25) is 9.48 Å². The van der Waals surface area contributed by atoms with Crippen LogP contribution in [0.25, 0.3) is 11.3 Å². The Morgan fingerprint density at radius 3 is 2.36 bits per heavy atom. The van der Waals surface area contributed by atoms with Crippen LogP contribution in [0.15, 0.2) is 84.9 Å². The molecule has 184 valence electrons. The maximum absolute atomic E-state index is 12.3. The maximum Gasteiger partial charge on any atom is 0.311 e. The summed E-state index contributed by atoms with van der Waals surface area (Å²) in [6, 6.07) is 27.9. The Hall–Kier alpha value is -3.86. The van der Waals surface area contributed by atoms with E-state index >= 15 is 0 Å². The molecule has 0 aliphatic heterocycles. The van der Waals surface area contributed by atoms with E-state index in [2.05, 4.69) is 10.7 Å². The largest absolute Gasteiger partial charge is 0.481 e. The molecule has 0 spiro atoms. The van der Waals surface area contributed by atoms with Crippen molar-refractivity contribution in [1.82, 2.24) is 9.78 Å². The highest BCUT2D eigenvalue weighted by molar-refractivity contribution is 5.76. The molecule has 1 aliphatic rings. The molecule has 1 aromatic heterocycles. The molecule has 5 heteroatoms. The Labute approximate surface area is 212 Å². The van der Waals surface area contributed by atoms with Crippen molar-refractivity contribution in [2.24, 2.45) is 0 Å². The number of hydrogen-bond donors (Lipinski definition) is 1. The fraction of sp³-hybridized carbons (Fsp3) is 0.290. The summed E-state index contributed by atoms with van der Waals surface area (Å²) < 4.78 is 8.06. The topological polar surface area (TPSA) is 64.4 Å². The quantitative estimate of drug-likeness (QED) is 0.282. The van der Waals surface area contributed by atoms with Crippen molar-refractivity contribution in [2.75, 3.05) is 0 Å². The standard InChI is InChI=1S/C31H32N2O3/c1-22-9-8-10-24(19-22)29(31(34)35)20-26-21-30(32-33(26)25-11-4-2-5-12-25)23-15-17-28(18-16-23)36-27-13-6-3-7-14-27/h3,6-10,13-19,21,25,29H,2,4-5,11-12,20H2,1H3,(H,34,35). The SMILES string of the molecule is Cc1cccc(C(Cc2cc(-c3ccc(Oc4ccccc4)cc3)nn2C2CCCCC2)C(=O)O)c1. The molecule has 4 aromatic rings. The molecule has 1 N–H and O–H groups in total. The number of hydrogen-bond acceptors (Lipinski definition) is 3. The van der Waals surface area contributed by atoms with Gasteiger partial charge in [-0.25, -0.2) is 0 Å². The van der Waals surface area contributed by atoms with Crippen LogP contribution in [-0.2, 0) is 11.2 Å². The van der Waals surface area contributed by atoms with Crippen molar-refractivity contribution < 1.29 is 14.6 Å². The zero-order valence-electron chi connectivity index (χ0n) is 20.6. The number of carboxylic acid groups (broad SMARTS) is 1. The second-order valence-corrected chi connectivity index (χ2v) is 9.71. The molecular weight excluding hydrogens is 448 g/mol. The van der Waals surface area contributed by atoms with Gasteiger partial charge in [0.2, 0.25) is 0 Å². The summed E-state index contributed by atoms with van der Waals surface area (Å²) in [5.74, 6) is 0.145.